The summed E-state index contributed by atoms with van der Waals surface area (Å²) in [5.41, 5.74) is 1.67. The first kappa shape index (κ1) is 24.6. The van der Waals surface area contributed by atoms with Crippen LogP contribution >= 0.6 is 0 Å². The minimum atomic E-state index is -0.149. The van der Waals surface area contributed by atoms with Crippen LogP contribution in [0.3, 0.4) is 0 Å². The van der Waals surface area contributed by atoms with E-state index in [0.29, 0.717) is 17.9 Å². The van der Waals surface area contributed by atoms with E-state index in [4.69, 9.17) is 9.47 Å². The molecule has 1 saturated carbocycles. The van der Waals surface area contributed by atoms with Gasteiger partial charge in [0.1, 0.15) is 5.75 Å². The van der Waals surface area contributed by atoms with Crippen LogP contribution < -0.4 is 4.74 Å². The quantitative estimate of drug-likeness (QED) is 0.413. The van der Waals surface area contributed by atoms with Crippen LogP contribution in [0.4, 0.5) is 0 Å². The molecule has 1 fully saturated rings. The number of hydrogen-bond acceptors (Lipinski definition) is 4. The molecule has 0 bridgehead atoms. The first-order chi connectivity index (χ1) is 15.3. The molecule has 2 aromatic rings. The van der Waals surface area contributed by atoms with Crippen LogP contribution in [-0.4, -0.2) is 37.2 Å². The van der Waals surface area contributed by atoms with Gasteiger partial charge in [0, 0.05) is 13.1 Å². The van der Waals surface area contributed by atoms with Crippen molar-refractivity contribution in [2.75, 3.05) is 20.2 Å². The smallest absolute Gasteiger partial charge is 0.306 e. The van der Waals surface area contributed by atoms with Crippen molar-refractivity contribution in [2.24, 2.45) is 11.3 Å². The van der Waals surface area contributed by atoms with Gasteiger partial charge in [-0.1, -0.05) is 45.9 Å². The molecule has 176 valence electrons. The maximum atomic E-state index is 11.5. The molecule has 1 aliphatic carbocycles. The molecule has 4 nitrogen and oxygen atoms in total. The Morgan fingerprint density at radius 1 is 1.00 bits per heavy atom. The van der Waals surface area contributed by atoms with E-state index < -0.39 is 0 Å². The monoisotopic (exact) mass is 439 g/mol. The van der Waals surface area contributed by atoms with Crippen molar-refractivity contribution >= 4 is 16.7 Å². The molecule has 32 heavy (non-hydrogen) atoms. The normalized spacial score (nSPS) is 19.3. The Balaban J connectivity index is 1.60. The van der Waals surface area contributed by atoms with E-state index in [1.165, 1.54) is 36.3 Å². The highest BCUT2D eigenvalue weighted by Crippen LogP contribution is 2.39. The van der Waals surface area contributed by atoms with Gasteiger partial charge in [-0.25, -0.2) is 0 Å². The number of ether oxygens (including phenoxy) is 2. The van der Waals surface area contributed by atoms with Gasteiger partial charge < -0.3 is 9.47 Å². The highest BCUT2D eigenvalue weighted by Gasteiger charge is 2.30. The number of carbonyl (C=O) groups excluding carboxylic acids is 1. The summed E-state index contributed by atoms with van der Waals surface area (Å²) in [7, 11) is 1.45. The van der Waals surface area contributed by atoms with Gasteiger partial charge in [-0.2, -0.15) is 0 Å². The van der Waals surface area contributed by atoms with Crippen LogP contribution in [0.25, 0.3) is 10.8 Å². The lowest BCUT2D eigenvalue weighted by Crippen LogP contribution is -2.30. The predicted octanol–water partition coefficient (Wildman–Crippen LogP) is 6.60. The zero-order valence-corrected chi connectivity index (χ0v) is 20.7. The van der Waals surface area contributed by atoms with Gasteiger partial charge in [0.2, 0.25) is 0 Å². The van der Waals surface area contributed by atoms with Crippen molar-refractivity contribution in [1.82, 2.24) is 4.90 Å². The lowest BCUT2D eigenvalue weighted by atomic mass is 9.72. The largest absolute Gasteiger partial charge is 0.490 e. The van der Waals surface area contributed by atoms with Gasteiger partial charge in [0.25, 0.3) is 0 Å². The van der Waals surface area contributed by atoms with Gasteiger partial charge in [-0.05, 0) is 84.5 Å². The number of benzene rings is 2. The second kappa shape index (κ2) is 11.2. The summed E-state index contributed by atoms with van der Waals surface area (Å²) in [6.45, 7) is 11.8. The molecule has 0 radical (unpaired) electrons. The second-order valence-corrected chi connectivity index (χ2v) is 10.4. The summed E-state index contributed by atoms with van der Waals surface area (Å²) in [5.74, 6) is 1.64. The van der Waals surface area contributed by atoms with Crippen LogP contribution in [0.1, 0.15) is 71.8 Å². The van der Waals surface area contributed by atoms with E-state index in [9.17, 15) is 4.79 Å². The summed E-state index contributed by atoms with van der Waals surface area (Å²) in [6, 6.07) is 13.1. The fraction of sp³-hybridized carbons (Fsp3) is 0.607. The summed E-state index contributed by atoms with van der Waals surface area (Å²) < 4.78 is 11.2. The van der Waals surface area contributed by atoms with Crippen molar-refractivity contribution in [3.63, 3.8) is 0 Å². The van der Waals surface area contributed by atoms with Gasteiger partial charge in [-0.15, -0.1) is 0 Å². The number of nitrogens with zero attached hydrogens (tertiary/aromatic N) is 1. The van der Waals surface area contributed by atoms with E-state index >= 15 is 0 Å². The zero-order chi connectivity index (χ0) is 23.1. The third-order valence-corrected chi connectivity index (χ3v) is 6.88. The Hall–Kier alpha value is -2.07. The zero-order valence-electron chi connectivity index (χ0n) is 20.7. The Morgan fingerprint density at radius 3 is 2.34 bits per heavy atom. The minimum Gasteiger partial charge on any atom is -0.490 e. The molecule has 0 aliphatic heterocycles. The average molecular weight is 440 g/mol. The topological polar surface area (TPSA) is 38.8 Å². The number of fused-ring (bicyclic) bond motifs is 1. The van der Waals surface area contributed by atoms with Crippen molar-refractivity contribution < 1.29 is 14.3 Å². The number of rotatable bonds is 9. The Bertz CT molecular complexity index is 878. The van der Waals surface area contributed by atoms with Crippen molar-refractivity contribution in [2.45, 2.75) is 78.9 Å². The highest BCUT2D eigenvalue weighted by atomic mass is 16.5. The molecule has 0 unspecified atom stereocenters. The summed E-state index contributed by atoms with van der Waals surface area (Å²) in [5, 5.41) is 2.45. The number of esters is 1. The molecule has 0 saturated heterocycles. The Kier molecular flexibility index (Phi) is 8.58. The lowest BCUT2D eigenvalue weighted by Gasteiger charge is -2.37. The highest BCUT2D eigenvalue weighted by molar-refractivity contribution is 5.84. The molecule has 0 aromatic heterocycles. The average Bonchev–Trinajstić information content (AvgIpc) is 2.77. The summed E-state index contributed by atoms with van der Waals surface area (Å²) in [4.78, 5) is 13.8. The number of hydrogen-bond donors (Lipinski definition) is 0. The van der Waals surface area contributed by atoms with Gasteiger partial charge in [0.05, 0.1) is 19.6 Å². The van der Waals surface area contributed by atoms with Crippen molar-refractivity contribution in [3.8, 4) is 5.75 Å². The number of carbonyl (C=O) groups is 1. The van der Waals surface area contributed by atoms with Crippen molar-refractivity contribution in [3.05, 3.63) is 42.0 Å². The predicted molar refractivity (Wildman–Crippen MR) is 132 cm³/mol. The Labute approximate surface area is 194 Å². The fourth-order valence-electron chi connectivity index (χ4n) is 4.88. The molecule has 3 rings (SSSR count). The van der Waals surface area contributed by atoms with Crippen LogP contribution in [0.15, 0.2) is 36.4 Å². The van der Waals surface area contributed by atoms with Gasteiger partial charge in [0.15, 0.2) is 0 Å². The fourth-order valence-corrected chi connectivity index (χ4v) is 4.88. The third-order valence-electron chi connectivity index (χ3n) is 6.88. The Morgan fingerprint density at radius 2 is 1.69 bits per heavy atom. The molecule has 1 aliphatic rings. The van der Waals surface area contributed by atoms with Crippen LogP contribution in [0, 0.1) is 11.3 Å². The van der Waals surface area contributed by atoms with Crippen LogP contribution in [0.2, 0.25) is 0 Å². The summed E-state index contributed by atoms with van der Waals surface area (Å²) >= 11 is 0. The van der Waals surface area contributed by atoms with E-state index in [2.05, 4.69) is 69.0 Å². The van der Waals surface area contributed by atoms with Crippen LogP contribution in [0.5, 0.6) is 5.75 Å². The molecule has 0 heterocycles. The van der Waals surface area contributed by atoms with E-state index in [1.54, 1.807) is 0 Å². The van der Waals surface area contributed by atoms with Gasteiger partial charge in [-0.3, -0.25) is 9.69 Å². The summed E-state index contributed by atoms with van der Waals surface area (Å²) in [6.07, 6.45) is 6.65. The second-order valence-electron chi connectivity index (χ2n) is 10.4. The molecule has 0 spiro atoms. The number of methoxy groups -OCH3 is 1. The van der Waals surface area contributed by atoms with E-state index in [1.807, 2.05) is 0 Å². The molecular weight excluding hydrogens is 398 g/mol. The molecule has 0 amide bonds. The standard InChI is InChI=1S/C28H41NO3/c1-6-16-29(17-15-27(30)31-5)20-21-7-8-23-19-26(12-9-22(23)18-21)32-25-13-10-24(11-14-25)28(2,3)4/h7-9,12,18-19,24-25H,6,10-11,13-17,20H2,1-5H3/t24-,25-. The SMILES string of the molecule is CCCN(CCC(=O)OC)Cc1ccc2cc(O[C@H]3CC[C@H](C(C)(C)C)CC3)ccc2c1. The molecule has 2 aromatic carbocycles. The lowest BCUT2D eigenvalue weighted by molar-refractivity contribution is -0.141. The first-order valence-electron chi connectivity index (χ1n) is 12.3. The maximum absolute atomic E-state index is 11.5. The van der Waals surface area contributed by atoms with Gasteiger partial charge >= 0.3 is 5.97 Å². The van der Waals surface area contributed by atoms with Crippen LogP contribution in [-0.2, 0) is 16.1 Å². The van der Waals surface area contributed by atoms with E-state index in [-0.39, 0.29) is 5.97 Å². The molecule has 0 atom stereocenters. The molecular formula is C28H41NO3. The molecule has 4 heteroatoms. The molecule has 0 N–H and O–H groups in total. The minimum absolute atomic E-state index is 0.149. The third kappa shape index (κ3) is 6.96. The first-order valence-corrected chi connectivity index (χ1v) is 12.3. The van der Waals surface area contributed by atoms with E-state index in [0.717, 1.165) is 50.6 Å². The maximum Gasteiger partial charge on any atom is 0.306 e. The van der Waals surface area contributed by atoms with Crippen molar-refractivity contribution in [1.29, 1.82) is 0 Å².